The predicted molar refractivity (Wildman–Crippen MR) is 83.5 cm³/mol. The van der Waals surface area contributed by atoms with E-state index in [4.69, 9.17) is 11.6 Å². The van der Waals surface area contributed by atoms with Crippen molar-refractivity contribution in [3.63, 3.8) is 0 Å². The van der Waals surface area contributed by atoms with Crippen molar-refractivity contribution < 1.29 is 8.42 Å². The maximum Gasteiger partial charge on any atom is 0.242 e. The lowest BCUT2D eigenvalue weighted by atomic mass is 10.1. The van der Waals surface area contributed by atoms with Gasteiger partial charge in [-0.05, 0) is 44.0 Å². The van der Waals surface area contributed by atoms with Crippen molar-refractivity contribution in [2.45, 2.75) is 44.7 Å². The molecule has 0 saturated heterocycles. The molecule has 4 nitrogen and oxygen atoms in total. The molecular formula is C14H23ClN2O2S. The monoisotopic (exact) mass is 318 g/mol. The Morgan fingerprint density at radius 1 is 1.25 bits per heavy atom. The molecule has 1 unspecified atom stereocenters. The number of nitrogens with one attached hydrogen (secondary N) is 2. The fraction of sp³-hybridized carbons (Fsp3) is 0.571. The first-order chi connectivity index (χ1) is 9.26. The van der Waals surface area contributed by atoms with Crippen LogP contribution in [0.25, 0.3) is 0 Å². The first-order valence-corrected chi connectivity index (χ1v) is 8.57. The van der Waals surface area contributed by atoms with Gasteiger partial charge in [-0.2, -0.15) is 0 Å². The Bertz CT molecular complexity index is 544. The van der Waals surface area contributed by atoms with Crippen molar-refractivity contribution in [3.05, 3.63) is 28.8 Å². The summed E-state index contributed by atoms with van der Waals surface area (Å²) in [7, 11) is -1.78. The molecule has 0 heterocycles. The molecule has 0 saturated carbocycles. The van der Waals surface area contributed by atoms with Crippen LogP contribution in [0.3, 0.4) is 0 Å². The third-order valence-electron chi connectivity index (χ3n) is 2.85. The quantitative estimate of drug-likeness (QED) is 0.812. The van der Waals surface area contributed by atoms with Crippen molar-refractivity contribution >= 4 is 21.6 Å². The predicted octanol–water partition coefficient (Wildman–Crippen LogP) is 2.77. The van der Waals surface area contributed by atoms with E-state index in [1.807, 2.05) is 20.0 Å². The minimum Gasteiger partial charge on any atom is -0.316 e. The zero-order valence-corrected chi connectivity index (χ0v) is 14.0. The van der Waals surface area contributed by atoms with E-state index in [0.717, 1.165) is 12.0 Å². The van der Waals surface area contributed by atoms with Gasteiger partial charge in [0.25, 0.3) is 0 Å². The van der Waals surface area contributed by atoms with Crippen LogP contribution in [0.1, 0.15) is 32.8 Å². The third-order valence-corrected chi connectivity index (χ3v) is 4.92. The van der Waals surface area contributed by atoms with Crippen LogP contribution in [0.2, 0.25) is 5.02 Å². The third kappa shape index (κ3) is 5.05. The summed E-state index contributed by atoms with van der Waals surface area (Å²) in [6, 6.07) is 4.93. The fourth-order valence-corrected chi connectivity index (χ4v) is 3.96. The zero-order chi connectivity index (χ0) is 15.3. The Balaban J connectivity index is 2.99. The molecule has 1 aromatic rings. The molecule has 0 spiro atoms. The highest BCUT2D eigenvalue weighted by molar-refractivity contribution is 7.89. The standard InChI is InChI=1S/C14H23ClN2O2S/c1-10(2)7-11(3)17-20(18,19)14-8-12(9-16-4)5-6-13(14)15/h5-6,8,10-11,16-17H,7,9H2,1-4H3. The molecule has 6 heteroatoms. The molecule has 0 aliphatic heterocycles. The van der Waals surface area contributed by atoms with Gasteiger partial charge in [0.15, 0.2) is 0 Å². The van der Waals surface area contributed by atoms with E-state index >= 15 is 0 Å². The average molecular weight is 319 g/mol. The molecule has 0 bridgehead atoms. The van der Waals surface area contributed by atoms with Crippen molar-refractivity contribution in [1.29, 1.82) is 0 Å². The minimum absolute atomic E-state index is 0.121. The van der Waals surface area contributed by atoms with Crippen molar-refractivity contribution in [2.24, 2.45) is 5.92 Å². The zero-order valence-electron chi connectivity index (χ0n) is 12.4. The van der Waals surface area contributed by atoms with Crippen LogP contribution in [0, 0.1) is 5.92 Å². The SMILES string of the molecule is CNCc1ccc(Cl)c(S(=O)(=O)NC(C)CC(C)C)c1. The van der Waals surface area contributed by atoms with Gasteiger partial charge in [-0.15, -0.1) is 0 Å². The summed E-state index contributed by atoms with van der Waals surface area (Å²) in [6.45, 7) is 6.58. The van der Waals surface area contributed by atoms with Crippen LogP contribution in [0.15, 0.2) is 23.1 Å². The number of halogens is 1. The van der Waals surface area contributed by atoms with Crippen LogP contribution >= 0.6 is 11.6 Å². The highest BCUT2D eigenvalue weighted by atomic mass is 35.5. The van der Waals surface area contributed by atoms with Gasteiger partial charge in [0, 0.05) is 12.6 Å². The van der Waals surface area contributed by atoms with Gasteiger partial charge in [0.2, 0.25) is 10.0 Å². The molecule has 0 amide bonds. The normalized spacial score (nSPS) is 13.7. The molecule has 20 heavy (non-hydrogen) atoms. The van der Waals surface area contributed by atoms with Crippen molar-refractivity contribution in [3.8, 4) is 0 Å². The summed E-state index contributed by atoms with van der Waals surface area (Å²) in [4.78, 5) is 0.141. The molecule has 0 aromatic heterocycles. The van der Waals surface area contributed by atoms with E-state index in [9.17, 15) is 8.42 Å². The highest BCUT2D eigenvalue weighted by Crippen LogP contribution is 2.23. The number of hydrogen-bond donors (Lipinski definition) is 2. The van der Waals surface area contributed by atoms with Crippen LogP contribution in [0.5, 0.6) is 0 Å². The Labute approximate surface area is 127 Å². The van der Waals surface area contributed by atoms with Gasteiger partial charge in [-0.3, -0.25) is 0 Å². The molecule has 1 aromatic carbocycles. The summed E-state index contributed by atoms with van der Waals surface area (Å²) >= 11 is 6.03. The molecular weight excluding hydrogens is 296 g/mol. The van der Waals surface area contributed by atoms with Crippen molar-refractivity contribution in [1.82, 2.24) is 10.0 Å². The first kappa shape index (κ1) is 17.4. The van der Waals surface area contributed by atoms with E-state index in [1.54, 1.807) is 12.1 Å². The summed E-state index contributed by atoms with van der Waals surface area (Å²) < 4.78 is 27.5. The number of sulfonamides is 1. The summed E-state index contributed by atoms with van der Waals surface area (Å²) in [5, 5.41) is 3.24. The van der Waals surface area contributed by atoms with Gasteiger partial charge in [-0.25, -0.2) is 13.1 Å². The van der Waals surface area contributed by atoms with Gasteiger partial charge in [-0.1, -0.05) is 31.5 Å². The Morgan fingerprint density at radius 3 is 2.45 bits per heavy atom. The lowest BCUT2D eigenvalue weighted by Gasteiger charge is -2.17. The molecule has 0 aliphatic rings. The van der Waals surface area contributed by atoms with E-state index in [2.05, 4.69) is 23.9 Å². The highest BCUT2D eigenvalue weighted by Gasteiger charge is 2.21. The largest absolute Gasteiger partial charge is 0.316 e. The lowest BCUT2D eigenvalue weighted by Crippen LogP contribution is -2.33. The smallest absolute Gasteiger partial charge is 0.242 e. The number of rotatable bonds is 7. The molecule has 0 fully saturated rings. The van der Waals surface area contributed by atoms with Gasteiger partial charge < -0.3 is 5.32 Å². The van der Waals surface area contributed by atoms with E-state index in [1.165, 1.54) is 0 Å². The van der Waals surface area contributed by atoms with E-state index < -0.39 is 10.0 Å². The second-order valence-corrected chi connectivity index (χ2v) is 7.54. The van der Waals surface area contributed by atoms with E-state index in [0.29, 0.717) is 12.5 Å². The maximum atomic E-state index is 12.4. The molecule has 1 atom stereocenters. The first-order valence-electron chi connectivity index (χ1n) is 6.71. The minimum atomic E-state index is -3.59. The fourth-order valence-electron chi connectivity index (χ4n) is 2.15. The van der Waals surface area contributed by atoms with Gasteiger partial charge in [0.1, 0.15) is 4.90 Å². The van der Waals surface area contributed by atoms with Gasteiger partial charge in [0.05, 0.1) is 5.02 Å². The molecule has 1 rings (SSSR count). The van der Waals surface area contributed by atoms with Crippen molar-refractivity contribution in [2.75, 3.05) is 7.05 Å². The number of hydrogen-bond acceptors (Lipinski definition) is 3. The van der Waals surface area contributed by atoms with Gasteiger partial charge >= 0.3 is 0 Å². The van der Waals surface area contributed by atoms with Crippen LogP contribution in [-0.4, -0.2) is 21.5 Å². The van der Waals surface area contributed by atoms with E-state index in [-0.39, 0.29) is 16.0 Å². The molecule has 0 radical (unpaired) electrons. The number of benzene rings is 1. The molecule has 2 N–H and O–H groups in total. The average Bonchev–Trinajstić information content (AvgIpc) is 2.29. The maximum absolute atomic E-state index is 12.4. The van der Waals surface area contributed by atoms with Crippen LogP contribution in [-0.2, 0) is 16.6 Å². The van der Waals surface area contributed by atoms with Crippen LogP contribution < -0.4 is 10.0 Å². The summed E-state index contributed by atoms with van der Waals surface area (Å²) in [6.07, 6.45) is 0.785. The van der Waals surface area contributed by atoms with Crippen LogP contribution in [0.4, 0.5) is 0 Å². The topological polar surface area (TPSA) is 58.2 Å². The summed E-state index contributed by atoms with van der Waals surface area (Å²) in [5.74, 6) is 0.429. The molecule has 0 aliphatic carbocycles. The Kier molecular flexibility index (Phi) is 6.45. The second-order valence-electron chi connectivity index (χ2n) is 5.45. The second kappa shape index (κ2) is 7.41. The lowest BCUT2D eigenvalue weighted by molar-refractivity contribution is 0.482. The Hall–Kier alpha value is -0.620. The summed E-state index contributed by atoms with van der Waals surface area (Å²) in [5.41, 5.74) is 0.883. The molecule has 114 valence electrons. The Morgan fingerprint density at radius 2 is 1.90 bits per heavy atom.